The average Bonchev–Trinajstić information content (AvgIpc) is 3.22. The summed E-state index contributed by atoms with van der Waals surface area (Å²) in [4.78, 5) is 24.4. The van der Waals surface area contributed by atoms with Crippen LogP contribution in [-0.4, -0.2) is 30.0 Å². The third-order valence-corrected chi connectivity index (χ3v) is 7.98. The van der Waals surface area contributed by atoms with Crippen molar-refractivity contribution < 1.29 is 13.2 Å². The van der Waals surface area contributed by atoms with E-state index in [4.69, 9.17) is 4.98 Å². The highest BCUT2D eigenvalue weighted by atomic mass is 32.2. The van der Waals surface area contributed by atoms with Crippen LogP contribution in [0, 0.1) is 13.8 Å². The molecule has 8 heteroatoms. The molecule has 0 aliphatic carbocycles. The van der Waals surface area contributed by atoms with Crippen LogP contribution in [-0.2, 0) is 16.4 Å². The summed E-state index contributed by atoms with van der Waals surface area (Å²) in [6.45, 7) is 5.76. The molecule has 4 aromatic rings. The summed E-state index contributed by atoms with van der Waals surface area (Å²) < 4.78 is 26.3. The zero-order valence-electron chi connectivity index (χ0n) is 18.1. The Hall–Kier alpha value is -3.10. The smallest absolute Gasteiger partial charge is 0.261 e. The van der Waals surface area contributed by atoms with Crippen molar-refractivity contribution >= 4 is 42.4 Å². The maximum absolute atomic E-state index is 13.8. The number of carbonyl (C=O) groups excluding carboxylic acids is 1. The lowest BCUT2D eigenvalue weighted by molar-refractivity contribution is 0.0981. The highest BCUT2D eigenvalue weighted by Crippen LogP contribution is 2.33. The fourth-order valence-corrected chi connectivity index (χ4v) is 5.80. The third-order valence-electron chi connectivity index (χ3n) is 5.17. The Morgan fingerprint density at radius 3 is 2.53 bits per heavy atom. The van der Waals surface area contributed by atoms with E-state index in [-0.39, 0.29) is 22.8 Å². The van der Waals surface area contributed by atoms with E-state index in [0.717, 1.165) is 21.3 Å². The van der Waals surface area contributed by atoms with Gasteiger partial charge in [0.25, 0.3) is 5.91 Å². The third kappa shape index (κ3) is 4.28. The molecular weight excluding hydrogens is 442 g/mol. The van der Waals surface area contributed by atoms with Gasteiger partial charge in [0.15, 0.2) is 15.0 Å². The number of rotatable bonds is 6. The van der Waals surface area contributed by atoms with Gasteiger partial charge in [-0.1, -0.05) is 42.5 Å². The van der Waals surface area contributed by atoms with Crippen LogP contribution < -0.4 is 4.90 Å². The highest BCUT2D eigenvalue weighted by molar-refractivity contribution is 7.91. The second-order valence-electron chi connectivity index (χ2n) is 7.54. The number of hydrogen-bond acceptors (Lipinski definition) is 6. The normalized spacial score (nSPS) is 11.6. The summed E-state index contributed by atoms with van der Waals surface area (Å²) in [7, 11) is -3.58. The summed E-state index contributed by atoms with van der Waals surface area (Å²) in [5.74, 6) is -0.506. The van der Waals surface area contributed by atoms with Crippen LogP contribution in [0.3, 0.4) is 0 Å². The molecule has 0 bridgehead atoms. The number of anilines is 1. The number of amides is 1. The van der Waals surface area contributed by atoms with Crippen molar-refractivity contribution in [3.63, 3.8) is 0 Å². The van der Waals surface area contributed by atoms with E-state index in [1.165, 1.54) is 22.3 Å². The quantitative estimate of drug-likeness (QED) is 0.403. The van der Waals surface area contributed by atoms with E-state index in [1.807, 2.05) is 38.1 Å². The number of hydrogen-bond donors (Lipinski definition) is 0. The summed E-state index contributed by atoms with van der Waals surface area (Å²) in [5, 5.41) is 0.507. The molecule has 32 heavy (non-hydrogen) atoms. The maximum Gasteiger partial charge on any atom is 0.261 e. The zero-order valence-corrected chi connectivity index (χ0v) is 19.7. The summed E-state index contributed by atoms with van der Waals surface area (Å²) in [6, 6.07) is 15.9. The predicted molar refractivity (Wildman–Crippen MR) is 128 cm³/mol. The van der Waals surface area contributed by atoms with Crippen molar-refractivity contribution in [1.82, 2.24) is 9.97 Å². The van der Waals surface area contributed by atoms with Crippen LogP contribution in [0.15, 0.2) is 65.7 Å². The number of thiazole rings is 1. The first kappa shape index (κ1) is 22.1. The molecule has 0 fully saturated rings. The predicted octanol–water partition coefficient (Wildman–Crippen LogP) is 4.95. The van der Waals surface area contributed by atoms with Gasteiger partial charge < -0.3 is 0 Å². The molecule has 0 saturated heterocycles. The van der Waals surface area contributed by atoms with Crippen LogP contribution in [0.5, 0.6) is 0 Å². The molecule has 0 radical (unpaired) electrons. The first-order valence-electron chi connectivity index (χ1n) is 10.2. The monoisotopic (exact) mass is 465 g/mol. The fourth-order valence-electron chi connectivity index (χ4n) is 3.57. The molecule has 0 aliphatic rings. The van der Waals surface area contributed by atoms with E-state index in [1.54, 1.807) is 31.3 Å². The minimum absolute atomic E-state index is 0.0339. The minimum Gasteiger partial charge on any atom is -0.278 e. The number of pyridine rings is 1. The summed E-state index contributed by atoms with van der Waals surface area (Å²) in [6.07, 6.45) is 1.67. The van der Waals surface area contributed by atoms with Crippen molar-refractivity contribution in [1.29, 1.82) is 0 Å². The molecule has 0 aliphatic heterocycles. The molecule has 0 atom stereocenters. The van der Waals surface area contributed by atoms with Crippen molar-refractivity contribution in [2.24, 2.45) is 0 Å². The standard InChI is InChI=1S/C24H23N3O3S2/c1-4-32(29,30)21-11-6-5-10-19(21)23(28)27(15-18-9-7-8-12-25-18)24-26-22-17(3)13-16(2)14-20(22)31-24/h5-14H,4,15H2,1-3H3. The molecule has 2 aromatic carbocycles. The van der Waals surface area contributed by atoms with Gasteiger partial charge in [0.05, 0.1) is 38.7 Å². The van der Waals surface area contributed by atoms with E-state index < -0.39 is 15.7 Å². The average molecular weight is 466 g/mol. The molecule has 164 valence electrons. The van der Waals surface area contributed by atoms with Gasteiger partial charge in [-0.3, -0.25) is 14.7 Å². The van der Waals surface area contributed by atoms with Gasteiger partial charge in [-0.05, 0) is 55.3 Å². The lowest BCUT2D eigenvalue weighted by atomic mass is 10.1. The topological polar surface area (TPSA) is 80.2 Å². The molecule has 2 aromatic heterocycles. The Balaban J connectivity index is 1.86. The van der Waals surface area contributed by atoms with E-state index >= 15 is 0 Å². The van der Waals surface area contributed by atoms with E-state index in [2.05, 4.69) is 11.1 Å². The fraction of sp³-hybridized carbons (Fsp3) is 0.208. The van der Waals surface area contributed by atoms with Crippen molar-refractivity contribution in [2.75, 3.05) is 10.7 Å². The Bertz CT molecular complexity index is 1400. The van der Waals surface area contributed by atoms with Gasteiger partial charge in [-0.15, -0.1) is 0 Å². The Labute approximate surface area is 191 Å². The number of fused-ring (bicyclic) bond motifs is 1. The molecule has 6 nitrogen and oxygen atoms in total. The van der Waals surface area contributed by atoms with Crippen LogP contribution >= 0.6 is 11.3 Å². The number of carbonyl (C=O) groups is 1. The van der Waals surface area contributed by atoms with Gasteiger partial charge in [0.2, 0.25) is 0 Å². The summed E-state index contributed by atoms with van der Waals surface area (Å²) in [5.41, 5.74) is 3.80. The second-order valence-corrected chi connectivity index (χ2v) is 10.8. The SMILES string of the molecule is CCS(=O)(=O)c1ccccc1C(=O)N(Cc1ccccn1)c1nc2c(C)cc(C)cc2s1. The van der Waals surface area contributed by atoms with Crippen LogP contribution in [0.25, 0.3) is 10.2 Å². The first-order valence-corrected chi connectivity index (χ1v) is 12.7. The van der Waals surface area contributed by atoms with Crippen LogP contribution in [0.1, 0.15) is 34.1 Å². The molecule has 0 saturated carbocycles. The van der Waals surface area contributed by atoms with Gasteiger partial charge in [-0.2, -0.15) is 0 Å². The van der Waals surface area contributed by atoms with E-state index in [9.17, 15) is 13.2 Å². The zero-order chi connectivity index (χ0) is 22.9. The molecule has 0 unspecified atom stereocenters. The van der Waals surface area contributed by atoms with Gasteiger partial charge in [0, 0.05) is 6.20 Å². The molecule has 1 amide bonds. The second kappa shape index (κ2) is 8.80. The molecule has 4 rings (SSSR count). The minimum atomic E-state index is -3.58. The first-order chi connectivity index (χ1) is 15.3. The van der Waals surface area contributed by atoms with Crippen LogP contribution in [0.2, 0.25) is 0 Å². The maximum atomic E-state index is 13.8. The number of nitrogens with zero attached hydrogens (tertiary/aromatic N) is 3. The van der Waals surface area contributed by atoms with Crippen molar-refractivity contribution in [3.8, 4) is 0 Å². The van der Waals surface area contributed by atoms with Crippen LogP contribution in [0.4, 0.5) is 5.13 Å². The van der Waals surface area contributed by atoms with Gasteiger partial charge >= 0.3 is 0 Å². The Morgan fingerprint density at radius 1 is 1.06 bits per heavy atom. The summed E-state index contributed by atoms with van der Waals surface area (Å²) >= 11 is 1.41. The lowest BCUT2D eigenvalue weighted by Gasteiger charge is -2.21. The molecule has 2 heterocycles. The molecular formula is C24H23N3O3S2. The largest absolute Gasteiger partial charge is 0.278 e. The molecule has 0 N–H and O–H groups in total. The number of aryl methyl sites for hydroxylation is 2. The molecule has 0 spiro atoms. The van der Waals surface area contributed by atoms with Gasteiger partial charge in [-0.25, -0.2) is 13.4 Å². The van der Waals surface area contributed by atoms with Gasteiger partial charge in [0.1, 0.15) is 0 Å². The highest BCUT2D eigenvalue weighted by Gasteiger charge is 2.27. The van der Waals surface area contributed by atoms with Crippen molar-refractivity contribution in [2.45, 2.75) is 32.2 Å². The van der Waals surface area contributed by atoms with E-state index in [0.29, 0.717) is 10.8 Å². The number of aromatic nitrogens is 2. The Morgan fingerprint density at radius 2 is 1.81 bits per heavy atom. The number of benzene rings is 2. The number of sulfone groups is 1. The lowest BCUT2D eigenvalue weighted by Crippen LogP contribution is -2.32. The van der Waals surface area contributed by atoms with Crippen molar-refractivity contribution in [3.05, 3.63) is 83.2 Å². The Kier molecular flexibility index (Phi) is 6.08.